The standard InChI is InChI=1S/C7H10N4O2S/c1-6(4-8)5-10-14(12,13)7-2-3-9-11-7/h2-3,6,10H,5H2,1H3,(H,9,11). The molecule has 0 saturated carbocycles. The predicted molar refractivity (Wildman–Crippen MR) is 48.6 cm³/mol. The van der Waals surface area contributed by atoms with Crippen molar-refractivity contribution in [2.75, 3.05) is 6.54 Å². The largest absolute Gasteiger partial charge is 0.266 e. The zero-order valence-corrected chi connectivity index (χ0v) is 8.37. The van der Waals surface area contributed by atoms with Crippen LogP contribution in [0.15, 0.2) is 17.3 Å². The molecular weight excluding hydrogens is 204 g/mol. The number of sulfonamides is 1. The second kappa shape index (κ2) is 4.21. The molecular formula is C7H10N4O2S. The molecule has 1 heterocycles. The lowest BCUT2D eigenvalue weighted by molar-refractivity contribution is 0.568. The number of nitriles is 1. The molecule has 76 valence electrons. The first-order valence-corrected chi connectivity index (χ1v) is 5.43. The van der Waals surface area contributed by atoms with Gasteiger partial charge in [-0.3, -0.25) is 5.10 Å². The first-order valence-electron chi connectivity index (χ1n) is 3.95. The van der Waals surface area contributed by atoms with Crippen molar-refractivity contribution in [1.82, 2.24) is 14.9 Å². The predicted octanol–water partition coefficient (Wildman–Crippen LogP) is -0.152. The van der Waals surface area contributed by atoms with Crippen LogP contribution in [0.4, 0.5) is 0 Å². The Bertz CT molecular complexity index is 417. The molecule has 1 aromatic rings. The van der Waals surface area contributed by atoms with Gasteiger partial charge in [0, 0.05) is 6.54 Å². The van der Waals surface area contributed by atoms with Gasteiger partial charge in [-0.25, -0.2) is 13.1 Å². The molecule has 1 aromatic heterocycles. The molecule has 14 heavy (non-hydrogen) atoms. The lowest BCUT2D eigenvalue weighted by Gasteiger charge is -2.04. The maximum absolute atomic E-state index is 11.4. The van der Waals surface area contributed by atoms with Gasteiger partial charge in [-0.15, -0.1) is 0 Å². The van der Waals surface area contributed by atoms with E-state index in [1.807, 2.05) is 6.07 Å². The van der Waals surface area contributed by atoms with E-state index in [1.165, 1.54) is 12.3 Å². The van der Waals surface area contributed by atoms with Crippen LogP contribution in [0, 0.1) is 17.2 Å². The van der Waals surface area contributed by atoms with E-state index < -0.39 is 10.0 Å². The smallest absolute Gasteiger partial charge is 0.257 e. The van der Waals surface area contributed by atoms with Gasteiger partial charge >= 0.3 is 0 Å². The van der Waals surface area contributed by atoms with Crippen molar-refractivity contribution in [2.24, 2.45) is 5.92 Å². The molecule has 0 aliphatic rings. The first kappa shape index (κ1) is 10.7. The summed E-state index contributed by atoms with van der Waals surface area (Å²) in [6, 6.07) is 3.28. The average molecular weight is 214 g/mol. The van der Waals surface area contributed by atoms with Crippen molar-refractivity contribution < 1.29 is 8.42 Å². The molecule has 0 saturated heterocycles. The number of nitrogens with zero attached hydrogens (tertiary/aromatic N) is 2. The van der Waals surface area contributed by atoms with E-state index in [9.17, 15) is 8.42 Å². The molecule has 0 bridgehead atoms. The van der Waals surface area contributed by atoms with E-state index in [0.29, 0.717) is 0 Å². The fourth-order valence-corrected chi connectivity index (χ4v) is 1.79. The summed E-state index contributed by atoms with van der Waals surface area (Å²) in [5.74, 6) is -0.354. The Morgan fingerprint density at radius 2 is 2.50 bits per heavy atom. The molecule has 1 unspecified atom stereocenters. The van der Waals surface area contributed by atoms with Crippen molar-refractivity contribution >= 4 is 10.0 Å². The number of hydrogen-bond acceptors (Lipinski definition) is 4. The van der Waals surface area contributed by atoms with Gasteiger partial charge in [0.25, 0.3) is 10.0 Å². The van der Waals surface area contributed by atoms with Gasteiger partial charge in [-0.1, -0.05) is 0 Å². The quantitative estimate of drug-likeness (QED) is 0.728. The molecule has 7 heteroatoms. The SMILES string of the molecule is CC(C#N)CNS(=O)(=O)c1ccn[nH]1. The van der Waals surface area contributed by atoms with Gasteiger partial charge in [0.1, 0.15) is 0 Å². The van der Waals surface area contributed by atoms with Crippen LogP contribution in [0.1, 0.15) is 6.92 Å². The average Bonchev–Trinajstić information content (AvgIpc) is 2.67. The molecule has 0 fully saturated rings. The Morgan fingerprint density at radius 3 is 3.00 bits per heavy atom. The lowest BCUT2D eigenvalue weighted by atomic mass is 10.2. The van der Waals surface area contributed by atoms with Gasteiger partial charge in [-0.2, -0.15) is 10.4 Å². The number of aromatic amines is 1. The van der Waals surface area contributed by atoms with Crippen LogP contribution in [-0.4, -0.2) is 25.2 Å². The molecule has 1 atom stereocenters. The minimum atomic E-state index is -3.54. The van der Waals surface area contributed by atoms with Crippen molar-refractivity contribution in [2.45, 2.75) is 11.9 Å². The third-order valence-electron chi connectivity index (χ3n) is 1.56. The van der Waals surface area contributed by atoms with E-state index in [-0.39, 0.29) is 17.5 Å². The topological polar surface area (TPSA) is 98.6 Å². The van der Waals surface area contributed by atoms with Crippen LogP contribution in [0.2, 0.25) is 0 Å². The zero-order valence-electron chi connectivity index (χ0n) is 7.56. The van der Waals surface area contributed by atoms with Gasteiger partial charge < -0.3 is 0 Å². The summed E-state index contributed by atoms with van der Waals surface area (Å²) in [7, 11) is -3.54. The highest BCUT2D eigenvalue weighted by molar-refractivity contribution is 7.89. The summed E-state index contributed by atoms with van der Waals surface area (Å²) >= 11 is 0. The van der Waals surface area contributed by atoms with Crippen LogP contribution in [-0.2, 0) is 10.0 Å². The van der Waals surface area contributed by atoms with Crippen molar-refractivity contribution in [1.29, 1.82) is 5.26 Å². The van der Waals surface area contributed by atoms with Gasteiger partial charge in [0.15, 0.2) is 5.03 Å². The Morgan fingerprint density at radius 1 is 1.79 bits per heavy atom. The number of hydrogen-bond donors (Lipinski definition) is 2. The van der Waals surface area contributed by atoms with Crippen LogP contribution in [0.5, 0.6) is 0 Å². The minimum Gasteiger partial charge on any atom is -0.266 e. The van der Waals surface area contributed by atoms with E-state index in [4.69, 9.17) is 5.26 Å². The molecule has 0 aromatic carbocycles. The summed E-state index contributed by atoms with van der Waals surface area (Å²) in [5, 5.41) is 14.3. The molecule has 0 amide bonds. The Balaban J connectivity index is 2.66. The number of nitrogens with one attached hydrogen (secondary N) is 2. The maximum Gasteiger partial charge on any atom is 0.257 e. The molecule has 1 rings (SSSR count). The van der Waals surface area contributed by atoms with E-state index in [0.717, 1.165) is 0 Å². The second-order valence-electron chi connectivity index (χ2n) is 2.80. The summed E-state index contributed by atoms with van der Waals surface area (Å²) < 4.78 is 25.1. The third-order valence-corrected chi connectivity index (χ3v) is 2.92. The summed E-state index contributed by atoms with van der Waals surface area (Å²) in [6.45, 7) is 1.73. The Kier molecular flexibility index (Phi) is 3.22. The fourth-order valence-electron chi connectivity index (χ4n) is 0.751. The molecule has 0 aliphatic carbocycles. The van der Waals surface area contributed by atoms with E-state index in [1.54, 1.807) is 6.92 Å². The van der Waals surface area contributed by atoms with E-state index >= 15 is 0 Å². The van der Waals surface area contributed by atoms with Crippen LogP contribution >= 0.6 is 0 Å². The number of H-pyrrole nitrogens is 1. The normalized spacial score (nSPS) is 13.4. The van der Waals surface area contributed by atoms with Crippen molar-refractivity contribution in [3.63, 3.8) is 0 Å². The Hall–Kier alpha value is -1.39. The summed E-state index contributed by atoms with van der Waals surface area (Å²) in [5.41, 5.74) is 0. The molecule has 0 radical (unpaired) electrons. The highest BCUT2D eigenvalue weighted by Crippen LogP contribution is 2.02. The summed E-state index contributed by atoms with van der Waals surface area (Å²) in [6.07, 6.45) is 1.35. The van der Waals surface area contributed by atoms with Crippen molar-refractivity contribution in [3.05, 3.63) is 12.3 Å². The van der Waals surface area contributed by atoms with Crippen molar-refractivity contribution in [3.8, 4) is 6.07 Å². The van der Waals surface area contributed by atoms with Gasteiger partial charge in [0.05, 0.1) is 18.2 Å². The highest BCUT2D eigenvalue weighted by Gasteiger charge is 2.15. The van der Waals surface area contributed by atoms with Gasteiger partial charge in [0.2, 0.25) is 0 Å². The molecule has 6 nitrogen and oxygen atoms in total. The van der Waals surface area contributed by atoms with Crippen LogP contribution < -0.4 is 4.72 Å². The highest BCUT2D eigenvalue weighted by atomic mass is 32.2. The van der Waals surface area contributed by atoms with Crippen LogP contribution in [0.3, 0.4) is 0 Å². The maximum atomic E-state index is 11.4. The number of aromatic nitrogens is 2. The van der Waals surface area contributed by atoms with E-state index in [2.05, 4.69) is 14.9 Å². The minimum absolute atomic E-state index is 0.00244. The Labute approximate surface area is 82.0 Å². The molecule has 0 spiro atoms. The molecule has 2 N–H and O–H groups in total. The zero-order chi connectivity index (χ0) is 10.6. The third kappa shape index (κ3) is 2.55. The first-order chi connectivity index (χ1) is 6.56. The fraction of sp³-hybridized carbons (Fsp3) is 0.429. The molecule has 0 aliphatic heterocycles. The summed E-state index contributed by atoms with van der Waals surface area (Å²) in [4.78, 5) is 0. The number of rotatable bonds is 4. The van der Waals surface area contributed by atoms with Crippen LogP contribution in [0.25, 0.3) is 0 Å². The monoisotopic (exact) mass is 214 g/mol. The second-order valence-corrected chi connectivity index (χ2v) is 4.54. The van der Waals surface area contributed by atoms with Gasteiger partial charge in [-0.05, 0) is 13.0 Å². The lowest BCUT2D eigenvalue weighted by Crippen LogP contribution is -2.28.